The van der Waals surface area contributed by atoms with E-state index in [1.54, 1.807) is 6.92 Å². The van der Waals surface area contributed by atoms with E-state index in [0.29, 0.717) is 24.7 Å². The summed E-state index contributed by atoms with van der Waals surface area (Å²) >= 11 is 6.33. The van der Waals surface area contributed by atoms with Gasteiger partial charge in [0.2, 0.25) is 5.91 Å². The van der Waals surface area contributed by atoms with Crippen LogP contribution in [0.2, 0.25) is 11.3 Å². The quantitative estimate of drug-likeness (QED) is 0.336. The van der Waals surface area contributed by atoms with Crippen molar-refractivity contribution in [3.05, 3.63) is 34.3 Å². The number of halogens is 1. The smallest absolute Gasteiger partial charge is 0.444 e. The topological polar surface area (TPSA) is 80.3 Å². The van der Waals surface area contributed by atoms with Crippen LogP contribution in [0.15, 0.2) is 18.2 Å². The summed E-state index contributed by atoms with van der Waals surface area (Å²) in [5.74, 6) is 0.204. The molecule has 2 amide bonds. The molecule has 4 rings (SSSR count). The van der Waals surface area contributed by atoms with Gasteiger partial charge in [-0.15, -0.1) is 0 Å². The van der Waals surface area contributed by atoms with Crippen molar-refractivity contribution in [1.82, 2.24) is 15.1 Å². The first kappa shape index (κ1) is 35.1. The van der Waals surface area contributed by atoms with Crippen LogP contribution < -0.4 is 5.32 Å². The molecule has 0 aliphatic carbocycles. The number of rotatable bonds is 7. The molecule has 8 nitrogen and oxygen atoms in total. The zero-order chi connectivity index (χ0) is 32.9. The summed E-state index contributed by atoms with van der Waals surface area (Å²) in [5.41, 5.74) is 0.354. The molecule has 10 heteroatoms. The van der Waals surface area contributed by atoms with Crippen LogP contribution in [0.4, 0.5) is 4.79 Å². The van der Waals surface area contributed by atoms with Crippen molar-refractivity contribution in [3.8, 4) is 0 Å². The Labute approximate surface area is 271 Å². The van der Waals surface area contributed by atoms with E-state index in [2.05, 4.69) is 64.7 Å². The Morgan fingerprint density at radius 3 is 2.27 bits per heavy atom. The van der Waals surface area contributed by atoms with Crippen LogP contribution in [0.5, 0.6) is 0 Å². The molecule has 0 spiro atoms. The van der Waals surface area contributed by atoms with Crippen LogP contribution in [0.1, 0.15) is 100 Å². The summed E-state index contributed by atoms with van der Waals surface area (Å²) in [6, 6.07) is 5.89. The van der Waals surface area contributed by atoms with Crippen LogP contribution in [-0.4, -0.2) is 76.9 Å². The molecule has 2 saturated heterocycles. The Balaban J connectivity index is 1.55. The van der Waals surface area contributed by atoms with Crippen LogP contribution in [0, 0.1) is 11.3 Å². The van der Waals surface area contributed by atoms with E-state index in [9.17, 15) is 9.59 Å². The predicted molar refractivity (Wildman–Crippen MR) is 177 cm³/mol. The first-order valence-electron chi connectivity index (χ1n) is 16.3. The summed E-state index contributed by atoms with van der Waals surface area (Å²) in [5, 5.41) is 4.11. The Bertz CT molecular complexity index is 1210. The van der Waals surface area contributed by atoms with Crippen LogP contribution in [-0.2, 0) is 31.8 Å². The number of hydrogen-bond acceptors (Lipinski definition) is 6. The van der Waals surface area contributed by atoms with Gasteiger partial charge in [-0.3, -0.25) is 14.6 Å². The predicted octanol–water partition coefficient (Wildman–Crippen LogP) is 6.73. The van der Waals surface area contributed by atoms with E-state index in [1.807, 2.05) is 37.8 Å². The zero-order valence-electron chi connectivity index (χ0n) is 28.9. The molecule has 1 aromatic carbocycles. The SMILES string of the molecule is CC(=O)N[C@@]1(C(C)(C)C)CN(CC2Cc3ccc(Cl)cc3CN2C(=O)OC(C)(C)C)CC1CCCB1OC(C)(C)C(C)(C)O1. The van der Waals surface area contributed by atoms with Crippen LogP contribution in [0.3, 0.4) is 0 Å². The third kappa shape index (κ3) is 7.59. The van der Waals surface area contributed by atoms with Gasteiger partial charge in [-0.05, 0) is 102 Å². The average molecular weight is 632 g/mol. The van der Waals surface area contributed by atoms with Gasteiger partial charge in [0.1, 0.15) is 5.60 Å². The molecule has 3 atom stereocenters. The molecule has 2 fully saturated rings. The Hall–Kier alpha value is -1.81. The van der Waals surface area contributed by atoms with E-state index in [4.69, 9.17) is 25.6 Å². The first-order valence-corrected chi connectivity index (χ1v) is 16.6. The molecule has 3 heterocycles. The van der Waals surface area contributed by atoms with Gasteiger partial charge < -0.3 is 19.4 Å². The highest BCUT2D eigenvalue weighted by molar-refractivity contribution is 6.45. The number of amides is 2. The lowest BCUT2D eigenvalue weighted by Gasteiger charge is -2.47. The number of benzene rings is 1. The van der Waals surface area contributed by atoms with Crippen molar-refractivity contribution in [3.63, 3.8) is 0 Å². The number of carbonyl (C=O) groups excluding carboxylic acids is 2. The molecule has 1 N–H and O–H groups in total. The minimum atomic E-state index is -0.598. The fraction of sp³-hybridized carbons (Fsp3) is 0.765. The summed E-state index contributed by atoms with van der Waals surface area (Å²) in [6.45, 7) is 25.0. The molecular weight excluding hydrogens is 577 g/mol. The van der Waals surface area contributed by atoms with Gasteiger partial charge in [0.15, 0.2) is 0 Å². The maximum Gasteiger partial charge on any atom is 0.457 e. The first-order chi connectivity index (χ1) is 20.1. The highest BCUT2D eigenvalue weighted by atomic mass is 35.5. The second kappa shape index (κ2) is 12.4. The number of carbonyl (C=O) groups is 2. The lowest BCUT2D eigenvalue weighted by atomic mass is 9.65. The minimum Gasteiger partial charge on any atom is -0.444 e. The van der Waals surface area contributed by atoms with Gasteiger partial charge in [0.25, 0.3) is 0 Å². The summed E-state index contributed by atoms with van der Waals surface area (Å²) in [6.07, 6.45) is 3.07. The van der Waals surface area contributed by atoms with Crippen molar-refractivity contribution in [2.24, 2.45) is 11.3 Å². The fourth-order valence-corrected chi connectivity index (χ4v) is 7.40. The second-order valence-electron chi connectivity index (χ2n) is 16.3. The highest BCUT2D eigenvalue weighted by Gasteiger charge is 2.55. The van der Waals surface area contributed by atoms with Gasteiger partial charge >= 0.3 is 13.2 Å². The van der Waals surface area contributed by atoms with Gasteiger partial charge in [-0.25, -0.2) is 4.79 Å². The van der Waals surface area contributed by atoms with Gasteiger partial charge in [0, 0.05) is 38.1 Å². The number of ether oxygens (including phenoxy) is 1. The molecule has 2 unspecified atom stereocenters. The second-order valence-corrected chi connectivity index (χ2v) is 16.7. The zero-order valence-corrected chi connectivity index (χ0v) is 29.7. The molecule has 0 radical (unpaired) electrons. The monoisotopic (exact) mass is 631 g/mol. The summed E-state index contributed by atoms with van der Waals surface area (Å²) in [4.78, 5) is 30.5. The standard InChI is InChI=1S/C34H55BClN3O5/c1-23(40)37-34(30(2,3)4)22-38(20-26(34)13-12-16-35-43-32(8,9)33(10,11)44-35)21-28-18-24-14-15-27(36)17-25(24)19-39(28)29(41)42-31(5,6)7/h14-15,17,26,28H,12-13,16,18-22H2,1-11H3,(H,37,40)/t26?,28?,34-/m0/s1. The molecule has 44 heavy (non-hydrogen) atoms. The largest absolute Gasteiger partial charge is 0.457 e. The van der Waals surface area contributed by atoms with E-state index >= 15 is 0 Å². The molecule has 246 valence electrons. The van der Waals surface area contributed by atoms with Crippen molar-refractivity contribution in [2.45, 2.75) is 137 Å². The molecule has 0 aromatic heterocycles. The van der Waals surface area contributed by atoms with Gasteiger partial charge in [-0.2, -0.15) is 0 Å². The number of nitrogens with zero attached hydrogens (tertiary/aromatic N) is 2. The number of nitrogens with one attached hydrogen (secondary N) is 1. The number of likely N-dealkylation sites (tertiary alicyclic amines) is 1. The molecule has 3 aliphatic heterocycles. The molecule has 3 aliphatic rings. The normalized spacial score (nSPS) is 26.9. The Morgan fingerprint density at radius 2 is 1.70 bits per heavy atom. The molecule has 0 saturated carbocycles. The van der Waals surface area contributed by atoms with E-state index in [1.165, 1.54) is 5.56 Å². The summed E-state index contributed by atoms with van der Waals surface area (Å²) < 4.78 is 18.4. The number of hydrogen-bond donors (Lipinski definition) is 1. The average Bonchev–Trinajstić information content (AvgIpc) is 3.29. The molecular formula is C34H55BClN3O5. The number of fused-ring (bicyclic) bond motifs is 1. The van der Waals surface area contributed by atoms with Crippen molar-refractivity contribution >= 4 is 30.7 Å². The maximum absolute atomic E-state index is 13.5. The fourth-order valence-electron chi connectivity index (χ4n) is 7.21. The van der Waals surface area contributed by atoms with E-state index in [-0.39, 0.29) is 47.7 Å². The minimum absolute atomic E-state index is 0.0170. The van der Waals surface area contributed by atoms with Crippen molar-refractivity contribution in [2.75, 3.05) is 19.6 Å². The van der Waals surface area contributed by atoms with Gasteiger partial charge in [0.05, 0.1) is 22.8 Å². The van der Waals surface area contributed by atoms with E-state index in [0.717, 1.165) is 37.7 Å². The van der Waals surface area contributed by atoms with Crippen LogP contribution >= 0.6 is 11.6 Å². The highest BCUT2D eigenvalue weighted by Crippen LogP contribution is 2.45. The molecule has 1 aromatic rings. The third-order valence-electron chi connectivity index (χ3n) is 10.2. The maximum atomic E-state index is 13.5. The molecule has 0 bridgehead atoms. The summed E-state index contributed by atoms with van der Waals surface area (Å²) in [7, 11) is -0.236. The van der Waals surface area contributed by atoms with Crippen molar-refractivity contribution in [1.29, 1.82) is 0 Å². The van der Waals surface area contributed by atoms with Crippen LogP contribution in [0.25, 0.3) is 0 Å². The lowest BCUT2D eigenvalue weighted by Crippen LogP contribution is -2.62. The lowest BCUT2D eigenvalue weighted by molar-refractivity contribution is -0.123. The Morgan fingerprint density at radius 1 is 1.07 bits per heavy atom. The van der Waals surface area contributed by atoms with Gasteiger partial charge in [-0.1, -0.05) is 44.9 Å². The van der Waals surface area contributed by atoms with E-state index < -0.39 is 11.1 Å². The van der Waals surface area contributed by atoms with Crippen molar-refractivity contribution < 1.29 is 23.6 Å². The Kier molecular flexibility index (Phi) is 9.90. The third-order valence-corrected chi connectivity index (χ3v) is 10.4.